The van der Waals surface area contributed by atoms with Crippen molar-refractivity contribution in [2.24, 2.45) is 0 Å². The van der Waals surface area contributed by atoms with Crippen molar-refractivity contribution in [3.05, 3.63) is 29.6 Å². The van der Waals surface area contributed by atoms with Crippen LogP contribution in [0.1, 0.15) is 48.5 Å². The molecule has 0 bridgehead atoms. The summed E-state index contributed by atoms with van der Waals surface area (Å²) in [5.74, 6) is -0.398. The van der Waals surface area contributed by atoms with Crippen molar-refractivity contribution in [3.8, 4) is 0 Å². The molecule has 0 aliphatic carbocycles. The van der Waals surface area contributed by atoms with Gasteiger partial charge < -0.3 is 15.7 Å². The normalized spacial score (nSPS) is 22.5. The van der Waals surface area contributed by atoms with Crippen molar-refractivity contribution >= 4 is 11.8 Å². The number of amides is 2. The zero-order valence-corrected chi connectivity index (χ0v) is 11.6. The van der Waals surface area contributed by atoms with E-state index in [9.17, 15) is 14.7 Å². The number of carbonyl (C=O) groups excluding carboxylic acids is 2. The van der Waals surface area contributed by atoms with Gasteiger partial charge in [-0.1, -0.05) is 13.8 Å². The molecule has 6 heteroatoms. The van der Waals surface area contributed by atoms with Crippen LogP contribution in [0.15, 0.2) is 18.5 Å². The number of hydrogen-bond donors (Lipinski definition) is 3. The highest BCUT2D eigenvalue weighted by atomic mass is 16.3. The molecule has 0 saturated carbocycles. The lowest BCUT2D eigenvalue weighted by atomic mass is 10.0. The number of nitrogens with zero attached hydrogens (tertiary/aromatic N) is 1. The Morgan fingerprint density at radius 1 is 1.45 bits per heavy atom. The van der Waals surface area contributed by atoms with Gasteiger partial charge in [0, 0.05) is 12.4 Å². The third-order valence-electron chi connectivity index (χ3n) is 3.35. The van der Waals surface area contributed by atoms with Gasteiger partial charge >= 0.3 is 0 Å². The fraction of sp³-hybridized carbons (Fsp3) is 0.500. The molecule has 2 heterocycles. The van der Waals surface area contributed by atoms with E-state index in [0.29, 0.717) is 18.4 Å². The number of aliphatic hydroxyl groups excluding tert-OH is 1. The molecular weight excluding hydrogens is 258 g/mol. The highest BCUT2D eigenvalue weighted by Gasteiger charge is 2.28. The largest absolute Gasteiger partial charge is 0.374 e. The lowest BCUT2D eigenvalue weighted by Crippen LogP contribution is -2.53. The summed E-state index contributed by atoms with van der Waals surface area (Å²) in [7, 11) is 0. The van der Waals surface area contributed by atoms with Crippen molar-refractivity contribution < 1.29 is 14.7 Å². The van der Waals surface area contributed by atoms with Gasteiger partial charge in [-0.2, -0.15) is 0 Å². The van der Waals surface area contributed by atoms with Gasteiger partial charge in [0.05, 0.1) is 5.56 Å². The van der Waals surface area contributed by atoms with E-state index < -0.39 is 12.3 Å². The Morgan fingerprint density at radius 3 is 2.85 bits per heavy atom. The molecule has 1 aromatic rings. The molecule has 6 nitrogen and oxygen atoms in total. The molecule has 0 aromatic carbocycles. The Hall–Kier alpha value is -1.95. The molecule has 1 aliphatic heterocycles. The topological polar surface area (TPSA) is 91.3 Å². The van der Waals surface area contributed by atoms with Gasteiger partial charge in [-0.15, -0.1) is 0 Å². The van der Waals surface area contributed by atoms with E-state index >= 15 is 0 Å². The molecule has 108 valence electrons. The minimum Gasteiger partial charge on any atom is -0.374 e. The molecule has 3 N–H and O–H groups in total. The van der Waals surface area contributed by atoms with Gasteiger partial charge in [0.1, 0.15) is 12.3 Å². The quantitative estimate of drug-likeness (QED) is 0.751. The first-order chi connectivity index (χ1) is 9.47. The molecule has 1 fully saturated rings. The summed E-state index contributed by atoms with van der Waals surface area (Å²) in [6, 6.07) is 1.18. The first kappa shape index (κ1) is 14.5. The zero-order valence-electron chi connectivity index (χ0n) is 11.6. The summed E-state index contributed by atoms with van der Waals surface area (Å²) in [5.41, 5.74) is 1.41. The van der Waals surface area contributed by atoms with Crippen LogP contribution in [0.25, 0.3) is 0 Å². The minimum atomic E-state index is -0.818. The molecule has 2 rings (SSSR count). The van der Waals surface area contributed by atoms with Crippen LogP contribution in [0.5, 0.6) is 0 Å². The Morgan fingerprint density at radius 2 is 2.20 bits per heavy atom. The van der Waals surface area contributed by atoms with Crippen LogP contribution in [0, 0.1) is 0 Å². The van der Waals surface area contributed by atoms with Gasteiger partial charge in [0.2, 0.25) is 5.91 Å². The maximum absolute atomic E-state index is 12.1. The smallest absolute Gasteiger partial charge is 0.253 e. The molecule has 1 aliphatic rings. The van der Waals surface area contributed by atoms with E-state index in [1.165, 1.54) is 6.20 Å². The average molecular weight is 277 g/mol. The fourth-order valence-corrected chi connectivity index (χ4v) is 2.07. The predicted molar refractivity (Wildman–Crippen MR) is 73.0 cm³/mol. The summed E-state index contributed by atoms with van der Waals surface area (Å²) in [6.07, 6.45) is 3.25. The van der Waals surface area contributed by atoms with Crippen molar-refractivity contribution in [3.63, 3.8) is 0 Å². The summed E-state index contributed by atoms with van der Waals surface area (Å²) < 4.78 is 0. The minimum absolute atomic E-state index is 0.281. The van der Waals surface area contributed by atoms with Crippen molar-refractivity contribution in [2.45, 2.75) is 44.9 Å². The maximum atomic E-state index is 12.1. The van der Waals surface area contributed by atoms with Gasteiger partial charge in [0.25, 0.3) is 5.91 Å². The molecule has 2 atom stereocenters. The molecular formula is C14H19N3O3. The molecule has 20 heavy (non-hydrogen) atoms. The number of hydrogen-bond acceptors (Lipinski definition) is 4. The number of nitrogens with one attached hydrogen (secondary N) is 2. The monoisotopic (exact) mass is 277 g/mol. The SMILES string of the molecule is CC(C)c1cncc(C(=O)NC2CCC(O)NC2=O)c1. The second-order valence-electron chi connectivity index (χ2n) is 5.29. The Bertz CT molecular complexity index is 516. The van der Waals surface area contributed by atoms with E-state index in [2.05, 4.69) is 15.6 Å². The van der Waals surface area contributed by atoms with E-state index in [0.717, 1.165) is 5.56 Å². The van der Waals surface area contributed by atoms with Crippen molar-refractivity contribution in [2.75, 3.05) is 0 Å². The van der Waals surface area contributed by atoms with E-state index in [1.807, 2.05) is 13.8 Å². The van der Waals surface area contributed by atoms with Crippen molar-refractivity contribution in [1.82, 2.24) is 15.6 Å². The van der Waals surface area contributed by atoms with Crippen LogP contribution in [0.3, 0.4) is 0 Å². The van der Waals surface area contributed by atoms with Crippen LogP contribution in [0.2, 0.25) is 0 Å². The maximum Gasteiger partial charge on any atom is 0.253 e. The first-order valence-corrected chi connectivity index (χ1v) is 6.71. The van der Waals surface area contributed by atoms with Gasteiger partial charge in [-0.05, 0) is 30.4 Å². The number of aliphatic hydroxyl groups is 1. The third-order valence-corrected chi connectivity index (χ3v) is 3.35. The number of pyridine rings is 1. The predicted octanol–water partition coefficient (Wildman–Crippen LogP) is 0.532. The highest BCUT2D eigenvalue weighted by molar-refractivity contribution is 5.97. The summed E-state index contributed by atoms with van der Waals surface area (Å²) in [5, 5.41) is 14.4. The van der Waals surface area contributed by atoms with Crippen LogP contribution in [-0.4, -0.2) is 34.2 Å². The lowest BCUT2D eigenvalue weighted by Gasteiger charge is -2.26. The van der Waals surface area contributed by atoms with Gasteiger partial charge in [0.15, 0.2) is 0 Å². The standard InChI is InChI=1S/C14H19N3O3/c1-8(2)9-5-10(7-15-6-9)13(19)16-11-3-4-12(18)17-14(11)20/h5-8,11-12,18H,3-4H2,1-2H3,(H,16,19)(H,17,20). The summed E-state index contributed by atoms with van der Waals surface area (Å²) in [6.45, 7) is 4.04. The Kier molecular flexibility index (Phi) is 4.34. The molecule has 2 unspecified atom stereocenters. The molecule has 1 aromatic heterocycles. The number of carbonyl (C=O) groups is 2. The Labute approximate surface area is 117 Å². The number of piperidine rings is 1. The van der Waals surface area contributed by atoms with Gasteiger partial charge in [-0.3, -0.25) is 14.6 Å². The van der Waals surface area contributed by atoms with Crippen LogP contribution in [0.4, 0.5) is 0 Å². The molecule has 1 saturated heterocycles. The average Bonchev–Trinajstić information content (AvgIpc) is 2.42. The van der Waals surface area contributed by atoms with E-state index in [1.54, 1.807) is 12.3 Å². The van der Waals surface area contributed by atoms with E-state index in [4.69, 9.17) is 0 Å². The number of aromatic nitrogens is 1. The second-order valence-corrected chi connectivity index (χ2v) is 5.29. The fourth-order valence-electron chi connectivity index (χ4n) is 2.07. The Balaban J connectivity index is 2.05. The van der Waals surface area contributed by atoms with Crippen LogP contribution < -0.4 is 10.6 Å². The van der Waals surface area contributed by atoms with E-state index in [-0.39, 0.29) is 17.7 Å². The summed E-state index contributed by atoms with van der Waals surface area (Å²) in [4.78, 5) is 27.8. The molecule has 0 spiro atoms. The van der Waals surface area contributed by atoms with Crippen LogP contribution >= 0.6 is 0 Å². The molecule has 2 amide bonds. The second kappa shape index (κ2) is 6.00. The lowest BCUT2D eigenvalue weighted by molar-refractivity contribution is -0.128. The zero-order chi connectivity index (χ0) is 14.7. The first-order valence-electron chi connectivity index (χ1n) is 6.71. The van der Waals surface area contributed by atoms with Gasteiger partial charge in [-0.25, -0.2) is 0 Å². The number of rotatable bonds is 3. The summed E-state index contributed by atoms with van der Waals surface area (Å²) >= 11 is 0. The third kappa shape index (κ3) is 3.33. The highest BCUT2D eigenvalue weighted by Crippen LogP contribution is 2.14. The van der Waals surface area contributed by atoms with Crippen LogP contribution in [-0.2, 0) is 4.79 Å². The molecule has 0 radical (unpaired) electrons. The van der Waals surface area contributed by atoms with Crippen molar-refractivity contribution in [1.29, 1.82) is 0 Å².